The molecule has 4 aliphatic rings. The Kier molecular flexibility index (Phi) is 11.1. The van der Waals surface area contributed by atoms with Crippen molar-refractivity contribution in [3.8, 4) is 0 Å². The lowest BCUT2D eigenvalue weighted by molar-refractivity contribution is -0.143. The predicted octanol–water partition coefficient (Wildman–Crippen LogP) is 2.18. The number of urea groups is 1. The first-order valence-electron chi connectivity index (χ1n) is 16.3. The normalized spacial score (nSPS) is 24.4. The minimum Gasteiger partial charge on any atom is -0.772 e. The van der Waals surface area contributed by atoms with Crippen LogP contribution in [0, 0.1) is 11.3 Å². The number of hydrogen-bond donors (Lipinski definition) is 4. The maximum Gasteiger partial charge on any atom is 0.315 e. The van der Waals surface area contributed by atoms with E-state index in [0.29, 0.717) is 44.6 Å². The van der Waals surface area contributed by atoms with E-state index in [9.17, 15) is 32.7 Å². The molecule has 3 aliphatic carbocycles. The second kappa shape index (κ2) is 14.3. The van der Waals surface area contributed by atoms with Crippen molar-refractivity contribution in [2.24, 2.45) is 11.3 Å². The highest BCUT2D eigenvalue weighted by molar-refractivity contribution is 7.79. The second-order valence-electron chi connectivity index (χ2n) is 14.4. The largest absolute Gasteiger partial charge is 0.772 e. The minimum atomic E-state index is -2.39. The number of Topliss-reactive ketones (excluding diaryl/α,β-unsaturated/α-hetero) is 1. The van der Waals surface area contributed by atoms with E-state index in [1.165, 1.54) is 4.90 Å². The van der Waals surface area contributed by atoms with Crippen LogP contribution in [0.25, 0.3) is 0 Å². The molecular formula is C31H50N5O7S-. The number of likely N-dealkylation sites (tertiary alicyclic amines) is 1. The topological polar surface area (TPSA) is 177 Å². The monoisotopic (exact) mass is 636 g/mol. The Bertz CT molecular complexity index is 1130. The number of rotatable bonds is 13. The Hall–Kier alpha value is -2.54. The number of ketones is 1. The summed E-state index contributed by atoms with van der Waals surface area (Å²) < 4.78 is 23.8. The summed E-state index contributed by atoms with van der Waals surface area (Å²) in [6, 6.07) is -3.40. The molecule has 13 heteroatoms. The molecule has 0 aromatic carbocycles. The van der Waals surface area contributed by atoms with E-state index in [1.807, 2.05) is 20.8 Å². The highest BCUT2D eigenvalue weighted by Gasteiger charge is 2.45. The minimum absolute atomic E-state index is 0.0202. The molecule has 1 heterocycles. The van der Waals surface area contributed by atoms with Gasteiger partial charge in [-0.3, -0.25) is 23.4 Å². The van der Waals surface area contributed by atoms with E-state index in [0.717, 1.165) is 51.4 Å². The van der Waals surface area contributed by atoms with Crippen molar-refractivity contribution in [1.29, 1.82) is 0 Å². The summed E-state index contributed by atoms with van der Waals surface area (Å²) in [4.78, 5) is 68.0. The van der Waals surface area contributed by atoms with Gasteiger partial charge in [-0.2, -0.15) is 0 Å². The van der Waals surface area contributed by atoms with Crippen LogP contribution in [0.1, 0.15) is 111 Å². The maximum absolute atomic E-state index is 14.0. The SMILES string of the molecule is C[C@H](S(=O)[O-])C1(NC(=O)N[C@H](C(=O)N2CCC[C@H]2C(=O)NC(CCC2CC2)C(=O)C(=O)NC2CC2)C(C)(C)C)CCCCC1. The molecule has 0 spiro atoms. The van der Waals surface area contributed by atoms with Crippen molar-refractivity contribution in [3.63, 3.8) is 0 Å². The zero-order chi connectivity index (χ0) is 32.2. The smallest absolute Gasteiger partial charge is 0.315 e. The molecular weight excluding hydrogens is 586 g/mol. The molecule has 44 heavy (non-hydrogen) atoms. The fraction of sp³-hybridized carbons (Fsp3) is 0.839. The van der Waals surface area contributed by atoms with Gasteiger partial charge in [0, 0.05) is 17.8 Å². The molecule has 5 atom stereocenters. The average molecular weight is 637 g/mol. The van der Waals surface area contributed by atoms with Gasteiger partial charge in [0.15, 0.2) is 0 Å². The number of amides is 5. The number of carbonyl (C=O) groups is 5. The summed E-state index contributed by atoms with van der Waals surface area (Å²) in [5.41, 5.74) is -1.65. The first-order chi connectivity index (χ1) is 20.7. The van der Waals surface area contributed by atoms with Crippen LogP contribution in [-0.4, -0.2) is 84.7 Å². The molecule has 3 saturated carbocycles. The Labute approximate surface area is 263 Å². The number of hydrogen-bond acceptors (Lipinski definition) is 7. The van der Waals surface area contributed by atoms with Gasteiger partial charge in [-0.25, -0.2) is 4.79 Å². The number of carbonyl (C=O) groups excluding carboxylic acids is 5. The predicted molar refractivity (Wildman–Crippen MR) is 164 cm³/mol. The van der Waals surface area contributed by atoms with E-state index in [2.05, 4.69) is 21.3 Å². The zero-order valence-electron chi connectivity index (χ0n) is 26.6. The molecule has 4 N–H and O–H groups in total. The van der Waals surface area contributed by atoms with Crippen LogP contribution in [0.5, 0.6) is 0 Å². The second-order valence-corrected chi connectivity index (χ2v) is 15.6. The van der Waals surface area contributed by atoms with Crippen molar-refractivity contribution < 1.29 is 32.7 Å². The lowest BCUT2D eigenvalue weighted by Gasteiger charge is -2.44. The lowest BCUT2D eigenvalue weighted by atomic mass is 9.79. The molecule has 248 valence electrons. The van der Waals surface area contributed by atoms with Gasteiger partial charge in [-0.05, 0) is 69.6 Å². The van der Waals surface area contributed by atoms with Gasteiger partial charge >= 0.3 is 6.03 Å². The van der Waals surface area contributed by atoms with Gasteiger partial charge < -0.3 is 30.7 Å². The maximum atomic E-state index is 14.0. The van der Waals surface area contributed by atoms with Crippen LogP contribution >= 0.6 is 0 Å². The van der Waals surface area contributed by atoms with Crippen LogP contribution in [0.3, 0.4) is 0 Å². The fourth-order valence-corrected chi connectivity index (χ4v) is 7.16. The van der Waals surface area contributed by atoms with E-state index >= 15 is 0 Å². The van der Waals surface area contributed by atoms with Crippen molar-refractivity contribution in [3.05, 3.63) is 0 Å². The third-order valence-electron chi connectivity index (χ3n) is 9.73. The summed E-state index contributed by atoms with van der Waals surface area (Å²) in [7, 11) is 0. The lowest BCUT2D eigenvalue weighted by Crippen LogP contribution is -2.64. The summed E-state index contributed by atoms with van der Waals surface area (Å²) in [6.07, 6.45) is 9.53. The fourth-order valence-electron chi connectivity index (χ4n) is 6.50. The summed E-state index contributed by atoms with van der Waals surface area (Å²) in [5.74, 6) is -1.73. The van der Waals surface area contributed by atoms with Crippen molar-refractivity contribution in [2.75, 3.05) is 6.54 Å². The summed E-state index contributed by atoms with van der Waals surface area (Å²) >= 11 is -2.39. The van der Waals surface area contributed by atoms with Crippen LogP contribution in [-0.2, 0) is 30.3 Å². The molecule has 1 saturated heterocycles. The van der Waals surface area contributed by atoms with E-state index in [1.54, 1.807) is 6.92 Å². The molecule has 2 unspecified atom stereocenters. The standard InChI is InChI=1S/C31H51N5O7S/c1-19(44(42)43)31(16-6-5-7-17-31)35-29(41)34-25(30(2,3)4)28(40)36-18-8-9-23(36)26(38)33-22(15-12-20-10-11-20)24(37)27(39)32-21-13-14-21/h19-23,25H,5-18H2,1-4H3,(H,32,39)(H,33,38)(H,42,43)(H2,34,35,41)/p-1/t19-,22?,23-,25+/m0/s1. The van der Waals surface area contributed by atoms with Gasteiger partial charge in [0.05, 0.1) is 11.6 Å². The Balaban J connectivity index is 1.44. The quantitative estimate of drug-likeness (QED) is 0.177. The Morgan fingerprint density at radius 1 is 0.955 bits per heavy atom. The molecule has 4 fully saturated rings. The molecule has 12 nitrogen and oxygen atoms in total. The first kappa shape index (κ1) is 34.3. The average Bonchev–Trinajstić information content (AvgIpc) is 3.91. The number of nitrogens with one attached hydrogen (secondary N) is 4. The van der Waals surface area contributed by atoms with E-state index < -0.39 is 74.9 Å². The molecule has 0 radical (unpaired) electrons. The van der Waals surface area contributed by atoms with Crippen LogP contribution in [0.4, 0.5) is 4.79 Å². The molecule has 4 rings (SSSR count). The van der Waals surface area contributed by atoms with E-state index in [-0.39, 0.29) is 6.04 Å². The molecule has 0 bridgehead atoms. The third kappa shape index (κ3) is 8.80. The number of nitrogens with zero attached hydrogens (tertiary/aromatic N) is 1. The Morgan fingerprint density at radius 3 is 2.18 bits per heavy atom. The van der Waals surface area contributed by atoms with Crippen molar-refractivity contribution in [2.45, 2.75) is 146 Å². The van der Waals surface area contributed by atoms with E-state index in [4.69, 9.17) is 0 Å². The van der Waals surface area contributed by atoms with Crippen molar-refractivity contribution in [1.82, 2.24) is 26.2 Å². The molecule has 0 aromatic rings. The van der Waals surface area contributed by atoms with Gasteiger partial charge in [0.1, 0.15) is 12.1 Å². The van der Waals surface area contributed by atoms with Crippen molar-refractivity contribution >= 4 is 40.6 Å². The molecule has 1 aliphatic heterocycles. The molecule has 0 aromatic heterocycles. The highest BCUT2D eigenvalue weighted by Crippen LogP contribution is 2.35. The summed E-state index contributed by atoms with van der Waals surface area (Å²) in [5, 5.41) is 10.5. The van der Waals surface area contributed by atoms with Gasteiger partial charge in [-0.15, -0.1) is 0 Å². The first-order valence-corrected chi connectivity index (χ1v) is 17.5. The van der Waals surface area contributed by atoms with Crippen LogP contribution in [0.2, 0.25) is 0 Å². The van der Waals surface area contributed by atoms with Crippen LogP contribution < -0.4 is 21.3 Å². The highest BCUT2D eigenvalue weighted by atomic mass is 32.2. The molecule has 5 amide bonds. The van der Waals surface area contributed by atoms with Gasteiger partial charge in [0.25, 0.3) is 5.91 Å². The summed E-state index contributed by atoms with van der Waals surface area (Å²) in [6.45, 7) is 7.35. The van der Waals surface area contributed by atoms with Gasteiger partial charge in [-0.1, -0.05) is 64.0 Å². The van der Waals surface area contributed by atoms with Gasteiger partial charge in [0.2, 0.25) is 17.6 Å². The van der Waals surface area contributed by atoms with Crippen LogP contribution in [0.15, 0.2) is 0 Å². The Morgan fingerprint density at radius 2 is 1.61 bits per heavy atom. The third-order valence-corrected chi connectivity index (χ3v) is 10.8. The zero-order valence-corrected chi connectivity index (χ0v) is 27.4.